The third kappa shape index (κ3) is 3.41. The van der Waals surface area contributed by atoms with Crippen LogP contribution in [0.4, 0.5) is 11.5 Å². The lowest BCUT2D eigenvalue weighted by molar-refractivity contribution is -0.384. The topological polar surface area (TPSA) is 120 Å². The number of carboxylic acid groups (broad SMARTS) is 1. The van der Waals surface area contributed by atoms with Crippen molar-refractivity contribution in [2.75, 3.05) is 23.0 Å². The number of anilines is 1. The van der Waals surface area contributed by atoms with Crippen molar-refractivity contribution in [2.24, 2.45) is 0 Å². The summed E-state index contributed by atoms with van der Waals surface area (Å²) in [5, 5.41) is 28.9. The minimum atomic E-state index is -0.955. The number of nitro groups is 1. The standard InChI is InChI=1S/C12H12N4O4S/c13-5-8-3-10(16(19)20)12(14-6-8)15-1-2-21-7-9(15)4-11(17)18/h3,6,9H,1-2,4,7H2,(H,17,18). The van der Waals surface area contributed by atoms with Crippen LogP contribution in [0.25, 0.3) is 0 Å². The van der Waals surface area contributed by atoms with Crippen molar-refractivity contribution in [3.8, 4) is 6.07 Å². The summed E-state index contributed by atoms with van der Waals surface area (Å²) >= 11 is 1.61. The van der Waals surface area contributed by atoms with Crippen molar-refractivity contribution >= 4 is 29.2 Å². The van der Waals surface area contributed by atoms with Gasteiger partial charge in [-0.2, -0.15) is 17.0 Å². The van der Waals surface area contributed by atoms with Gasteiger partial charge in [0.1, 0.15) is 6.07 Å². The maximum absolute atomic E-state index is 11.2. The minimum Gasteiger partial charge on any atom is -0.481 e. The number of thioether (sulfide) groups is 1. The van der Waals surface area contributed by atoms with Crippen LogP contribution in [0.3, 0.4) is 0 Å². The summed E-state index contributed by atoms with van der Waals surface area (Å²) in [4.78, 5) is 27.2. The highest BCUT2D eigenvalue weighted by Crippen LogP contribution is 2.31. The van der Waals surface area contributed by atoms with E-state index in [4.69, 9.17) is 10.4 Å². The summed E-state index contributed by atoms with van der Waals surface area (Å²) in [7, 11) is 0. The molecule has 0 bridgehead atoms. The molecule has 21 heavy (non-hydrogen) atoms. The molecule has 1 aromatic rings. The molecular weight excluding hydrogens is 296 g/mol. The van der Waals surface area contributed by atoms with Crippen molar-refractivity contribution < 1.29 is 14.8 Å². The maximum Gasteiger partial charge on any atom is 0.312 e. The van der Waals surface area contributed by atoms with Crippen molar-refractivity contribution in [3.63, 3.8) is 0 Å². The fraction of sp³-hybridized carbons (Fsp3) is 0.417. The van der Waals surface area contributed by atoms with E-state index in [1.54, 1.807) is 16.7 Å². The molecule has 0 aromatic carbocycles. The molecule has 1 N–H and O–H groups in total. The van der Waals surface area contributed by atoms with Gasteiger partial charge in [-0.3, -0.25) is 14.9 Å². The van der Waals surface area contributed by atoms with E-state index in [1.165, 1.54) is 12.3 Å². The van der Waals surface area contributed by atoms with Crippen molar-refractivity contribution in [3.05, 3.63) is 27.9 Å². The second-order valence-electron chi connectivity index (χ2n) is 4.46. The number of hydrogen-bond donors (Lipinski definition) is 1. The fourth-order valence-electron chi connectivity index (χ4n) is 2.17. The fourth-order valence-corrected chi connectivity index (χ4v) is 3.23. The quantitative estimate of drug-likeness (QED) is 0.652. The zero-order valence-corrected chi connectivity index (χ0v) is 11.7. The highest BCUT2D eigenvalue weighted by molar-refractivity contribution is 7.99. The lowest BCUT2D eigenvalue weighted by Gasteiger charge is -2.35. The molecule has 2 heterocycles. The van der Waals surface area contributed by atoms with Gasteiger partial charge in [-0.25, -0.2) is 4.98 Å². The first kappa shape index (κ1) is 15.1. The minimum absolute atomic E-state index is 0.103. The molecular formula is C12H12N4O4S. The number of aliphatic carboxylic acids is 1. The Bertz CT molecular complexity index is 616. The lowest BCUT2D eigenvalue weighted by atomic mass is 10.1. The molecule has 1 aromatic heterocycles. The Morgan fingerprint density at radius 1 is 1.71 bits per heavy atom. The zero-order valence-electron chi connectivity index (χ0n) is 10.9. The molecule has 0 spiro atoms. The molecule has 1 saturated heterocycles. The van der Waals surface area contributed by atoms with E-state index in [0.717, 1.165) is 5.75 Å². The molecule has 0 amide bonds. The van der Waals surface area contributed by atoms with E-state index in [1.807, 2.05) is 6.07 Å². The van der Waals surface area contributed by atoms with Gasteiger partial charge < -0.3 is 10.0 Å². The number of nitrogens with zero attached hydrogens (tertiary/aromatic N) is 4. The van der Waals surface area contributed by atoms with Gasteiger partial charge in [0, 0.05) is 30.3 Å². The van der Waals surface area contributed by atoms with E-state index in [9.17, 15) is 14.9 Å². The van der Waals surface area contributed by atoms with Crippen LogP contribution >= 0.6 is 11.8 Å². The van der Waals surface area contributed by atoms with E-state index in [-0.39, 0.29) is 29.5 Å². The van der Waals surface area contributed by atoms with Crippen LogP contribution in [0.2, 0.25) is 0 Å². The van der Waals surface area contributed by atoms with Crippen LogP contribution in [0.15, 0.2) is 12.3 Å². The van der Waals surface area contributed by atoms with Crippen LogP contribution < -0.4 is 4.90 Å². The van der Waals surface area contributed by atoms with Crippen LogP contribution in [0.5, 0.6) is 0 Å². The molecule has 1 atom stereocenters. The number of aromatic nitrogens is 1. The first-order valence-electron chi connectivity index (χ1n) is 6.13. The highest BCUT2D eigenvalue weighted by atomic mass is 32.2. The van der Waals surface area contributed by atoms with Gasteiger partial charge in [0.25, 0.3) is 0 Å². The van der Waals surface area contributed by atoms with Crippen molar-refractivity contribution in [1.29, 1.82) is 5.26 Å². The monoisotopic (exact) mass is 308 g/mol. The average molecular weight is 308 g/mol. The largest absolute Gasteiger partial charge is 0.481 e. The molecule has 110 valence electrons. The Hall–Kier alpha value is -2.34. The summed E-state index contributed by atoms with van der Waals surface area (Å²) in [6.45, 7) is 0.488. The Morgan fingerprint density at radius 2 is 2.48 bits per heavy atom. The molecule has 0 saturated carbocycles. The highest BCUT2D eigenvalue weighted by Gasteiger charge is 2.31. The van der Waals surface area contributed by atoms with Gasteiger partial charge in [-0.15, -0.1) is 0 Å². The number of hydrogen-bond acceptors (Lipinski definition) is 7. The average Bonchev–Trinajstić information content (AvgIpc) is 2.46. The van der Waals surface area contributed by atoms with Crippen LogP contribution in [0.1, 0.15) is 12.0 Å². The van der Waals surface area contributed by atoms with Crippen molar-refractivity contribution in [2.45, 2.75) is 12.5 Å². The van der Waals surface area contributed by atoms with Gasteiger partial charge in [0.05, 0.1) is 22.9 Å². The van der Waals surface area contributed by atoms with Crippen LogP contribution in [-0.2, 0) is 4.79 Å². The predicted octanol–water partition coefficient (Wildman–Crippen LogP) is 1.26. The predicted molar refractivity (Wildman–Crippen MR) is 76.3 cm³/mol. The number of carbonyl (C=O) groups is 1. The third-order valence-corrected chi connectivity index (χ3v) is 4.17. The van der Waals surface area contributed by atoms with Crippen LogP contribution in [0, 0.1) is 21.4 Å². The van der Waals surface area contributed by atoms with Gasteiger partial charge in [-0.05, 0) is 0 Å². The Balaban J connectivity index is 2.40. The molecule has 9 heteroatoms. The second-order valence-corrected chi connectivity index (χ2v) is 5.61. The number of rotatable bonds is 4. The number of pyridine rings is 1. The molecule has 2 rings (SSSR count). The molecule has 8 nitrogen and oxygen atoms in total. The van der Waals surface area contributed by atoms with E-state index < -0.39 is 10.9 Å². The normalized spacial score (nSPS) is 18.0. The number of nitriles is 1. The van der Waals surface area contributed by atoms with Gasteiger partial charge in [-0.1, -0.05) is 0 Å². The molecule has 0 radical (unpaired) electrons. The SMILES string of the molecule is N#Cc1cnc(N2CCSCC2CC(=O)O)c([N+](=O)[O-])c1. The molecule has 0 aliphatic carbocycles. The molecule has 1 aliphatic heterocycles. The molecule has 1 unspecified atom stereocenters. The summed E-state index contributed by atoms with van der Waals surface area (Å²) in [5.74, 6) is 0.495. The Kier molecular flexibility index (Phi) is 4.59. The molecule has 1 fully saturated rings. The summed E-state index contributed by atoms with van der Waals surface area (Å²) in [5.41, 5.74) is -0.164. The van der Waals surface area contributed by atoms with Gasteiger partial charge in [0.15, 0.2) is 0 Å². The summed E-state index contributed by atoms with van der Waals surface area (Å²) < 4.78 is 0. The Labute approximate surface area is 124 Å². The van der Waals surface area contributed by atoms with E-state index in [0.29, 0.717) is 12.3 Å². The second kappa shape index (κ2) is 6.41. The maximum atomic E-state index is 11.2. The summed E-state index contributed by atoms with van der Waals surface area (Å²) in [6, 6.07) is 2.63. The van der Waals surface area contributed by atoms with Gasteiger partial charge in [0.2, 0.25) is 5.82 Å². The first-order chi connectivity index (χ1) is 10.0. The van der Waals surface area contributed by atoms with Crippen LogP contribution in [-0.4, -0.2) is 45.1 Å². The van der Waals surface area contributed by atoms with Crippen molar-refractivity contribution in [1.82, 2.24) is 4.98 Å². The molecule has 1 aliphatic rings. The van der Waals surface area contributed by atoms with Gasteiger partial charge >= 0.3 is 11.7 Å². The smallest absolute Gasteiger partial charge is 0.312 e. The van der Waals surface area contributed by atoms with E-state index in [2.05, 4.69) is 4.98 Å². The zero-order chi connectivity index (χ0) is 15.4. The Morgan fingerprint density at radius 3 is 3.10 bits per heavy atom. The summed E-state index contributed by atoms with van der Waals surface area (Å²) in [6.07, 6.45) is 1.16. The lowest BCUT2D eigenvalue weighted by Crippen LogP contribution is -2.44. The number of carboxylic acids is 1. The van der Waals surface area contributed by atoms with E-state index >= 15 is 0 Å². The first-order valence-corrected chi connectivity index (χ1v) is 7.29. The third-order valence-electron chi connectivity index (χ3n) is 3.08.